The molecule has 1 saturated heterocycles. The number of nitrogens with one attached hydrogen (secondary N) is 2. The molecule has 1 unspecified atom stereocenters. The third-order valence-electron chi connectivity index (χ3n) is 3.57. The van der Waals surface area contributed by atoms with Crippen LogP contribution in [0.15, 0.2) is 9.98 Å². The first-order valence-electron chi connectivity index (χ1n) is 6.65. The molecule has 0 aromatic rings. The average Bonchev–Trinajstić information content (AvgIpc) is 3.00. The molecule has 142 valence electrons. The molecule has 0 aromatic carbocycles. The van der Waals surface area contributed by atoms with Gasteiger partial charge in [-0.2, -0.15) is 4.99 Å². The number of carbonyl (C=O) groups is 1. The van der Waals surface area contributed by atoms with E-state index in [4.69, 9.17) is 10.1 Å². The Labute approximate surface area is 196 Å². The minimum absolute atomic E-state index is 0. The van der Waals surface area contributed by atoms with Gasteiger partial charge < -0.3 is 39.3 Å². The predicted molar refractivity (Wildman–Crippen MR) is 86.8 cm³/mol. The summed E-state index contributed by atoms with van der Waals surface area (Å²) in [5.74, 6) is -0.997. The molecule has 6 N–H and O–H groups in total. The number of aliphatic hydroxyl groups is 2. The second-order valence-electron chi connectivity index (χ2n) is 5.17. The zero-order chi connectivity index (χ0) is 17.6. The molecule has 1 amide bonds. The van der Waals surface area contributed by atoms with Crippen molar-refractivity contribution in [2.24, 2.45) is 9.98 Å². The van der Waals surface area contributed by atoms with Crippen LogP contribution < -0.4 is 15.1 Å². The number of aliphatic imine (C=N–C) groups is 2. The van der Waals surface area contributed by atoms with Crippen molar-refractivity contribution in [3.05, 3.63) is 0 Å². The van der Waals surface area contributed by atoms with Crippen LogP contribution in [0.2, 0.25) is 0 Å². The molecule has 3 rings (SSSR count). The van der Waals surface area contributed by atoms with Gasteiger partial charge in [0, 0.05) is 59.1 Å². The molecule has 0 bridgehead atoms. The topological polar surface area (TPSA) is 235 Å². The molecule has 0 aliphatic carbocycles. The molecule has 3 aliphatic rings. The minimum Gasteiger partial charge on any atom is -0.790 e. The van der Waals surface area contributed by atoms with Crippen molar-refractivity contribution < 1.29 is 44.1 Å². The van der Waals surface area contributed by atoms with Gasteiger partial charge in [-0.05, 0) is 0 Å². The number of amides is 1. The van der Waals surface area contributed by atoms with E-state index >= 15 is 0 Å². The van der Waals surface area contributed by atoms with Crippen LogP contribution in [0.4, 0.5) is 0 Å². The van der Waals surface area contributed by atoms with E-state index in [9.17, 15) is 29.4 Å². The maximum Gasteiger partial charge on any atom is 0.259 e. The number of nitrogens with zero attached hydrogens (tertiary/aromatic N) is 3. The largest absolute Gasteiger partial charge is 0.790 e. The fourth-order valence-electron chi connectivity index (χ4n) is 2.49. The fraction of sp³-hybridized carbons (Fsp3) is 0.600. The van der Waals surface area contributed by atoms with Gasteiger partial charge >= 0.3 is 0 Å². The van der Waals surface area contributed by atoms with E-state index in [1.54, 1.807) is 0 Å². The van der Waals surface area contributed by atoms with E-state index in [1.165, 1.54) is 0 Å². The van der Waals surface area contributed by atoms with Gasteiger partial charge in [-0.25, -0.2) is 0 Å². The molecule has 3 heterocycles. The third kappa shape index (κ3) is 5.87. The van der Waals surface area contributed by atoms with Gasteiger partial charge in [0.1, 0.15) is 18.3 Å². The first-order chi connectivity index (χ1) is 11.2. The number of hydrogen-bond donors (Lipinski definition) is 4. The number of phosphoric ester groups is 1. The van der Waals surface area contributed by atoms with Gasteiger partial charge in [0.15, 0.2) is 18.1 Å². The molecular weight excluding hydrogens is 411 g/mol. The Kier molecular flexibility index (Phi) is 10.4. The average molecular weight is 425 g/mol. The van der Waals surface area contributed by atoms with Crippen LogP contribution in [-0.2, 0) is 18.6 Å². The first kappa shape index (κ1) is 27.2. The molecule has 27 heavy (non-hydrogen) atoms. The summed E-state index contributed by atoms with van der Waals surface area (Å²) in [6.07, 6.45) is -4.48. The van der Waals surface area contributed by atoms with Crippen molar-refractivity contribution in [2.75, 3.05) is 6.61 Å². The number of hydrogen-bond acceptors (Lipinski definition) is 11. The summed E-state index contributed by atoms with van der Waals surface area (Å²) in [6.45, 7) is -0.782. The van der Waals surface area contributed by atoms with E-state index in [1.807, 2.05) is 0 Å². The summed E-state index contributed by atoms with van der Waals surface area (Å²) in [5.41, 5.74) is 0. The number of amidine groups is 1. The van der Waals surface area contributed by atoms with E-state index in [2.05, 4.69) is 19.8 Å². The van der Waals surface area contributed by atoms with Crippen LogP contribution in [0.5, 0.6) is 0 Å². The minimum atomic E-state index is -5.27. The smallest absolute Gasteiger partial charge is 0.259 e. The molecule has 0 aromatic heterocycles. The molecule has 1 fully saturated rings. The Bertz CT molecular complexity index is 688. The molecule has 0 spiro atoms. The van der Waals surface area contributed by atoms with Crippen molar-refractivity contribution in [3.8, 4) is 0 Å². The Balaban J connectivity index is 0.00000225. The fourth-order valence-corrected chi connectivity index (χ4v) is 2.82. The van der Waals surface area contributed by atoms with Gasteiger partial charge in [0.2, 0.25) is 5.96 Å². The monoisotopic (exact) mass is 425 g/mol. The van der Waals surface area contributed by atoms with Crippen LogP contribution in [0, 0.1) is 5.41 Å². The molecule has 14 nitrogen and oxygen atoms in total. The second-order valence-corrected chi connectivity index (χ2v) is 6.32. The zero-order valence-corrected chi connectivity index (χ0v) is 19.2. The summed E-state index contributed by atoms with van der Waals surface area (Å²) < 4.78 is 19.9. The number of fused-ring (bicyclic) bond motifs is 1. The van der Waals surface area contributed by atoms with Gasteiger partial charge in [-0.3, -0.25) is 25.4 Å². The van der Waals surface area contributed by atoms with E-state index < -0.39 is 56.9 Å². The summed E-state index contributed by atoms with van der Waals surface area (Å²) in [5, 5.41) is 29.6. The van der Waals surface area contributed by atoms with Gasteiger partial charge in [0.25, 0.3) is 5.91 Å². The quantitative estimate of drug-likeness (QED) is 0.247. The van der Waals surface area contributed by atoms with Crippen molar-refractivity contribution >= 4 is 91.0 Å². The summed E-state index contributed by atoms with van der Waals surface area (Å²) in [7, 11) is -5.27. The molecule has 17 heteroatoms. The van der Waals surface area contributed by atoms with Crippen molar-refractivity contribution in [1.82, 2.24) is 10.2 Å². The Morgan fingerprint density at radius 1 is 1.37 bits per heavy atom. The van der Waals surface area contributed by atoms with Crippen LogP contribution in [0.3, 0.4) is 0 Å². The maximum absolute atomic E-state index is 11.7. The van der Waals surface area contributed by atoms with Gasteiger partial charge in [-0.1, -0.05) is 0 Å². The SMILES string of the molecule is N=C1N=C2C(N=CN2[C@@H]2O[C@H](COP(=O)([O-])[O-])[C@@H](O)[C@H]2O)C(=O)N1.O.[Na].[Na]. The van der Waals surface area contributed by atoms with Crippen molar-refractivity contribution in [3.63, 3.8) is 0 Å². The summed E-state index contributed by atoms with van der Waals surface area (Å²) in [4.78, 5) is 41.6. The number of guanidine groups is 1. The third-order valence-corrected chi connectivity index (χ3v) is 4.04. The Morgan fingerprint density at radius 2 is 2.00 bits per heavy atom. The Hall–Kier alpha value is 0.230. The van der Waals surface area contributed by atoms with Crippen LogP contribution in [0.25, 0.3) is 0 Å². The first-order valence-corrected chi connectivity index (χ1v) is 8.11. The molecule has 3 aliphatic heterocycles. The normalized spacial score (nSPS) is 31.9. The Morgan fingerprint density at radius 3 is 2.59 bits per heavy atom. The van der Waals surface area contributed by atoms with Crippen LogP contribution in [-0.4, -0.2) is 141 Å². The van der Waals surface area contributed by atoms with Gasteiger partial charge in [0.05, 0.1) is 20.8 Å². The number of rotatable bonds is 4. The van der Waals surface area contributed by atoms with Crippen LogP contribution >= 0.6 is 7.82 Å². The van der Waals surface area contributed by atoms with Gasteiger partial charge in [-0.15, -0.1) is 0 Å². The molecule has 5 atom stereocenters. The molecular formula is C10H14N5Na2O9P-2. The van der Waals surface area contributed by atoms with Crippen molar-refractivity contribution in [2.45, 2.75) is 30.6 Å². The van der Waals surface area contributed by atoms with E-state index in [0.29, 0.717) is 0 Å². The molecule has 2 radical (unpaired) electrons. The standard InChI is InChI=1S/C10H14N5O8P.2Na.H2O/c11-10-13-7-4(8(18)14-10)12-2-15(7)9-6(17)5(16)3(23-9)1-22-24(19,20)21;;;/h2-6,9,16-17H,1H2,(H2,11,14,18)(H2,19,20,21);;;1H2/p-2/t3-,4?,5-,6-,9-;;;/m1.../s1. The maximum atomic E-state index is 11.7. The second kappa shape index (κ2) is 10.3. The van der Waals surface area contributed by atoms with Crippen LogP contribution in [0.1, 0.15) is 0 Å². The summed E-state index contributed by atoms with van der Waals surface area (Å²) in [6, 6.07) is -1.02. The molecule has 0 saturated carbocycles. The van der Waals surface area contributed by atoms with E-state index in [-0.39, 0.29) is 70.4 Å². The summed E-state index contributed by atoms with van der Waals surface area (Å²) >= 11 is 0. The number of aliphatic hydroxyl groups excluding tert-OH is 2. The van der Waals surface area contributed by atoms with Crippen molar-refractivity contribution in [1.29, 1.82) is 5.41 Å². The number of ether oxygens (including phenoxy) is 1. The number of carbonyl (C=O) groups excluding carboxylic acids is 1. The number of phosphoric acid groups is 1. The van der Waals surface area contributed by atoms with E-state index in [0.717, 1.165) is 11.2 Å². The predicted octanol–water partition coefficient (Wildman–Crippen LogP) is -6.13. The zero-order valence-electron chi connectivity index (χ0n) is 14.3.